The molecule has 0 spiro atoms. The lowest BCUT2D eigenvalue weighted by Crippen LogP contribution is -2.39. The maximum absolute atomic E-state index is 10.7. The highest BCUT2D eigenvalue weighted by atomic mass is 35.5. The molecule has 0 saturated carbocycles. The van der Waals surface area contributed by atoms with Gasteiger partial charge in [0.05, 0.1) is 12.5 Å². The van der Waals surface area contributed by atoms with Crippen LogP contribution >= 0.6 is 12.4 Å². The maximum Gasteiger partial charge on any atom is 0.305 e. The minimum absolute atomic E-state index is 0. The summed E-state index contributed by atoms with van der Waals surface area (Å²) in [7, 11) is 0. The standard InChI is InChI=1S/C6H12N2O3.ClH/c1-4(7)6(11)8-3-2-5(9)10;/h4H,2-3,7H2,1H3,(H,8,11)(H,9,10);1H/t4-;/m0./s1. The Hall–Kier alpha value is -0.810. The number of carbonyl (C=O) groups is 2. The molecule has 0 aliphatic heterocycles. The van der Waals surface area contributed by atoms with Crippen LogP contribution in [0.2, 0.25) is 0 Å². The van der Waals surface area contributed by atoms with Crippen LogP contribution in [0.4, 0.5) is 0 Å². The highest BCUT2D eigenvalue weighted by molar-refractivity contribution is 5.85. The molecule has 5 nitrogen and oxygen atoms in total. The number of hydrogen-bond donors (Lipinski definition) is 3. The molecule has 0 saturated heterocycles. The van der Waals surface area contributed by atoms with Gasteiger partial charge in [0.2, 0.25) is 5.91 Å². The molecule has 1 atom stereocenters. The van der Waals surface area contributed by atoms with Gasteiger partial charge < -0.3 is 16.2 Å². The van der Waals surface area contributed by atoms with Crippen molar-refractivity contribution in [1.82, 2.24) is 5.32 Å². The van der Waals surface area contributed by atoms with Crippen molar-refractivity contribution in [2.75, 3.05) is 6.54 Å². The molecule has 0 bridgehead atoms. The van der Waals surface area contributed by atoms with Crippen LogP contribution in [0.5, 0.6) is 0 Å². The molecule has 12 heavy (non-hydrogen) atoms. The number of carboxylic acids is 1. The van der Waals surface area contributed by atoms with Gasteiger partial charge in [0.15, 0.2) is 0 Å². The third-order valence-electron chi connectivity index (χ3n) is 1.05. The molecule has 1 amide bonds. The molecule has 0 fully saturated rings. The number of halogens is 1. The maximum atomic E-state index is 10.7. The fraction of sp³-hybridized carbons (Fsp3) is 0.667. The lowest BCUT2D eigenvalue weighted by Gasteiger charge is -2.04. The van der Waals surface area contributed by atoms with Crippen LogP contribution in [-0.2, 0) is 9.59 Å². The summed E-state index contributed by atoms with van der Waals surface area (Å²) in [6.45, 7) is 1.67. The molecule has 0 aromatic heterocycles. The summed E-state index contributed by atoms with van der Waals surface area (Å²) in [5.41, 5.74) is 5.19. The van der Waals surface area contributed by atoms with Gasteiger partial charge in [-0.15, -0.1) is 12.4 Å². The number of hydrogen-bond acceptors (Lipinski definition) is 3. The number of nitrogens with one attached hydrogen (secondary N) is 1. The molecule has 0 aliphatic carbocycles. The Morgan fingerprint density at radius 1 is 1.58 bits per heavy atom. The predicted octanol–water partition coefficient (Wildman–Crippen LogP) is -0.654. The Morgan fingerprint density at radius 2 is 2.08 bits per heavy atom. The van der Waals surface area contributed by atoms with Gasteiger partial charge in [-0.1, -0.05) is 0 Å². The van der Waals surface area contributed by atoms with Gasteiger partial charge >= 0.3 is 5.97 Å². The second kappa shape index (κ2) is 6.87. The summed E-state index contributed by atoms with van der Waals surface area (Å²) in [5, 5.41) is 10.6. The second-order valence-corrected chi connectivity index (χ2v) is 2.22. The quantitative estimate of drug-likeness (QED) is 0.557. The van der Waals surface area contributed by atoms with Crippen LogP contribution in [0, 0.1) is 0 Å². The molecule has 0 unspecified atom stereocenters. The van der Waals surface area contributed by atoms with E-state index in [9.17, 15) is 9.59 Å². The van der Waals surface area contributed by atoms with Gasteiger partial charge in [0.25, 0.3) is 0 Å². The Labute approximate surface area is 76.7 Å². The van der Waals surface area contributed by atoms with Gasteiger partial charge in [0.1, 0.15) is 0 Å². The van der Waals surface area contributed by atoms with Gasteiger partial charge in [-0.2, -0.15) is 0 Å². The van der Waals surface area contributed by atoms with Crippen LogP contribution < -0.4 is 11.1 Å². The Balaban J connectivity index is 0. The monoisotopic (exact) mass is 196 g/mol. The largest absolute Gasteiger partial charge is 0.481 e. The predicted molar refractivity (Wildman–Crippen MR) is 46.2 cm³/mol. The highest BCUT2D eigenvalue weighted by Gasteiger charge is 2.06. The van der Waals surface area contributed by atoms with E-state index in [-0.39, 0.29) is 31.3 Å². The third-order valence-corrected chi connectivity index (χ3v) is 1.05. The summed E-state index contributed by atoms with van der Waals surface area (Å²) in [6, 6.07) is -0.580. The van der Waals surface area contributed by atoms with Crippen molar-refractivity contribution in [3.63, 3.8) is 0 Å². The first-order chi connectivity index (χ1) is 5.04. The Bertz CT molecular complexity index is 161. The van der Waals surface area contributed by atoms with Crippen molar-refractivity contribution < 1.29 is 14.7 Å². The smallest absolute Gasteiger partial charge is 0.305 e. The summed E-state index contributed by atoms with van der Waals surface area (Å²) in [5.74, 6) is -1.26. The molecule has 4 N–H and O–H groups in total. The van der Waals surface area contributed by atoms with Crippen molar-refractivity contribution in [2.24, 2.45) is 5.73 Å². The number of aliphatic carboxylic acids is 1. The highest BCUT2D eigenvalue weighted by Crippen LogP contribution is 1.78. The molecular weight excluding hydrogens is 184 g/mol. The van der Waals surface area contributed by atoms with E-state index in [2.05, 4.69) is 5.32 Å². The second-order valence-electron chi connectivity index (χ2n) is 2.22. The zero-order valence-electron chi connectivity index (χ0n) is 6.74. The van der Waals surface area contributed by atoms with E-state index in [1.807, 2.05) is 0 Å². The topological polar surface area (TPSA) is 92.4 Å². The van der Waals surface area contributed by atoms with E-state index in [0.29, 0.717) is 0 Å². The first-order valence-electron chi connectivity index (χ1n) is 3.29. The fourth-order valence-corrected chi connectivity index (χ4v) is 0.454. The zero-order valence-corrected chi connectivity index (χ0v) is 7.56. The van der Waals surface area contributed by atoms with E-state index in [4.69, 9.17) is 10.8 Å². The lowest BCUT2D eigenvalue weighted by molar-refractivity contribution is -0.136. The molecule has 0 heterocycles. The van der Waals surface area contributed by atoms with E-state index in [1.165, 1.54) is 6.92 Å². The van der Waals surface area contributed by atoms with Crippen molar-refractivity contribution in [2.45, 2.75) is 19.4 Å². The van der Waals surface area contributed by atoms with E-state index in [1.54, 1.807) is 0 Å². The van der Waals surface area contributed by atoms with Crippen LogP contribution in [0.3, 0.4) is 0 Å². The van der Waals surface area contributed by atoms with Crippen molar-refractivity contribution in [3.05, 3.63) is 0 Å². The molecule has 0 radical (unpaired) electrons. The summed E-state index contributed by atoms with van der Waals surface area (Å²) in [4.78, 5) is 20.7. The Kier molecular flexibility index (Phi) is 7.88. The van der Waals surface area contributed by atoms with Crippen LogP contribution in [0.15, 0.2) is 0 Å². The molecule has 0 aromatic carbocycles. The molecule has 0 aromatic rings. The van der Waals surface area contributed by atoms with Crippen molar-refractivity contribution in [3.8, 4) is 0 Å². The van der Waals surface area contributed by atoms with Gasteiger partial charge in [0, 0.05) is 6.54 Å². The number of nitrogens with two attached hydrogens (primary N) is 1. The summed E-state index contributed by atoms with van der Waals surface area (Å²) in [6.07, 6.45) is -0.0710. The van der Waals surface area contributed by atoms with Gasteiger partial charge in [-0.3, -0.25) is 9.59 Å². The summed E-state index contributed by atoms with van der Waals surface area (Å²) < 4.78 is 0. The third kappa shape index (κ3) is 7.30. The zero-order chi connectivity index (χ0) is 8.85. The number of rotatable bonds is 4. The normalized spacial score (nSPS) is 11.2. The Morgan fingerprint density at radius 3 is 2.42 bits per heavy atom. The van der Waals surface area contributed by atoms with Crippen molar-refractivity contribution in [1.29, 1.82) is 0 Å². The lowest BCUT2D eigenvalue weighted by atomic mass is 10.3. The first kappa shape index (κ1) is 13.8. The van der Waals surface area contributed by atoms with E-state index >= 15 is 0 Å². The van der Waals surface area contributed by atoms with Crippen molar-refractivity contribution >= 4 is 24.3 Å². The molecular formula is C6H13ClN2O3. The average molecular weight is 197 g/mol. The van der Waals surface area contributed by atoms with Crippen LogP contribution in [0.25, 0.3) is 0 Å². The fourth-order valence-electron chi connectivity index (χ4n) is 0.454. The van der Waals surface area contributed by atoms with Gasteiger partial charge in [-0.05, 0) is 6.92 Å². The van der Waals surface area contributed by atoms with Gasteiger partial charge in [-0.25, -0.2) is 0 Å². The molecule has 0 rings (SSSR count). The number of carboxylic acid groups (broad SMARTS) is 1. The van der Waals surface area contributed by atoms with Crippen LogP contribution in [0.1, 0.15) is 13.3 Å². The average Bonchev–Trinajstić information content (AvgIpc) is 1.86. The van der Waals surface area contributed by atoms with E-state index < -0.39 is 12.0 Å². The molecule has 0 aliphatic rings. The summed E-state index contributed by atoms with van der Waals surface area (Å²) >= 11 is 0. The molecule has 72 valence electrons. The SMILES string of the molecule is C[C@H](N)C(=O)NCCC(=O)O.Cl. The number of amides is 1. The number of carbonyl (C=O) groups excluding carboxylic acids is 1. The first-order valence-corrected chi connectivity index (χ1v) is 3.29. The minimum atomic E-state index is -0.935. The van der Waals surface area contributed by atoms with Crippen LogP contribution in [-0.4, -0.2) is 29.6 Å². The van der Waals surface area contributed by atoms with E-state index in [0.717, 1.165) is 0 Å². The minimum Gasteiger partial charge on any atom is -0.481 e. The molecule has 6 heteroatoms.